The molecule has 0 aromatic carbocycles. The highest BCUT2D eigenvalue weighted by molar-refractivity contribution is 7.21. The molecule has 6 heteroatoms. The van der Waals surface area contributed by atoms with E-state index in [1.165, 1.54) is 24.1 Å². The standard InChI is InChI=1S/C11H12N4OS/c12-8-7-4-13-5-14-11(7)17-9(8)10(16)15-6-2-1-3-6/h4-6H,1-3,12H2,(H,15,16). The van der Waals surface area contributed by atoms with E-state index in [1.807, 2.05) is 0 Å². The highest BCUT2D eigenvalue weighted by atomic mass is 32.1. The maximum absolute atomic E-state index is 12.0. The van der Waals surface area contributed by atoms with Gasteiger partial charge >= 0.3 is 0 Å². The highest BCUT2D eigenvalue weighted by Gasteiger charge is 2.23. The Bertz CT molecular complexity index is 576. The molecular formula is C11H12N4OS. The lowest BCUT2D eigenvalue weighted by atomic mass is 9.93. The van der Waals surface area contributed by atoms with Gasteiger partial charge in [-0.05, 0) is 19.3 Å². The molecule has 0 saturated heterocycles. The number of carbonyl (C=O) groups is 1. The van der Waals surface area contributed by atoms with Gasteiger partial charge in [0.2, 0.25) is 0 Å². The number of aromatic nitrogens is 2. The smallest absolute Gasteiger partial charge is 0.263 e. The predicted molar refractivity (Wildman–Crippen MR) is 66.9 cm³/mol. The van der Waals surface area contributed by atoms with E-state index in [4.69, 9.17) is 5.73 Å². The molecule has 17 heavy (non-hydrogen) atoms. The SMILES string of the molecule is Nc1c(C(=O)NC2CCC2)sc2ncncc12. The summed E-state index contributed by atoms with van der Waals surface area (Å²) >= 11 is 1.32. The largest absolute Gasteiger partial charge is 0.397 e. The van der Waals surface area contributed by atoms with Crippen LogP contribution in [0.5, 0.6) is 0 Å². The zero-order chi connectivity index (χ0) is 11.8. The summed E-state index contributed by atoms with van der Waals surface area (Å²) in [6.07, 6.45) is 6.44. The molecule has 1 fully saturated rings. The monoisotopic (exact) mass is 248 g/mol. The summed E-state index contributed by atoms with van der Waals surface area (Å²) in [5.74, 6) is -0.0878. The first-order valence-electron chi connectivity index (χ1n) is 5.54. The van der Waals surface area contributed by atoms with Crippen molar-refractivity contribution in [3.63, 3.8) is 0 Å². The minimum atomic E-state index is -0.0878. The van der Waals surface area contributed by atoms with Crippen LogP contribution in [0.4, 0.5) is 5.69 Å². The fraction of sp³-hybridized carbons (Fsp3) is 0.364. The lowest BCUT2D eigenvalue weighted by Gasteiger charge is -2.26. The number of amides is 1. The number of fused-ring (bicyclic) bond motifs is 1. The summed E-state index contributed by atoms with van der Waals surface area (Å²) in [5.41, 5.74) is 6.43. The van der Waals surface area contributed by atoms with Gasteiger partial charge in [0.1, 0.15) is 16.0 Å². The molecular weight excluding hydrogens is 236 g/mol. The molecule has 88 valence electrons. The Kier molecular flexibility index (Phi) is 2.44. The van der Waals surface area contributed by atoms with Crippen molar-refractivity contribution >= 4 is 33.1 Å². The first kappa shape index (κ1) is 10.5. The normalized spacial score (nSPS) is 15.8. The van der Waals surface area contributed by atoms with Gasteiger partial charge in [0.25, 0.3) is 5.91 Å². The van der Waals surface area contributed by atoms with Crippen LogP contribution in [-0.2, 0) is 0 Å². The molecule has 2 aromatic rings. The Morgan fingerprint density at radius 3 is 3.00 bits per heavy atom. The Morgan fingerprint density at radius 1 is 1.53 bits per heavy atom. The molecule has 5 nitrogen and oxygen atoms in total. The van der Waals surface area contributed by atoms with Gasteiger partial charge < -0.3 is 11.1 Å². The first-order chi connectivity index (χ1) is 8.25. The Morgan fingerprint density at radius 2 is 2.35 bits per heavy atom. The number of rotatable bonds is 2. The number of carbonyl (C=O) groups excluding carboxylic acids is 1. The van der Waals surface area contributed by atoms with Gasteiger partial charge in [-0.3, -0.25) is 4.79 Å². The Balaban J connectivity index is 1.93. The van der Waals surface area contributed by atoms with Crippen molar-refractivity contribution < 1.29 is 4.79 Å². The molecule has 1 aliphatic rings. The number of hydrogen-bond donors (Lipinski definition) is 2. The van der Waals surface area contributed by atoms with E-state index >= 15 is 0 Å². The van der Waals surface area contributed by atoms with Crippen LogP contribution in [0.3, 0.4) is 0 Å². The van der Waals surface area contributed by atoms with Gasteiger partial charge in [-0.15, -0.1) is 11.3 Å². The molecule has 0 aliphatic heterocycles. The van der Waals surface area contributed by atoms with Gasteiger partial charge in [0.15, 0.2) is 0 Å². The lowest BCUT2D eigenvalue weighted by molar-refractivity contribution is 0.0922. The fourth-order valence-electron chi connectivity index (χ4n) is 1.83. The molecule has 0 spiro atoms. The molecule has 3 rings (SSSR count). The van der Waals surface area contributed by atoms with Crippen LogP contribution in [0, 0.1) is 0 Å². The third-order valence-corrected chi connectivity index (χ3v) is 4.18. The second-order valence-electron chi connectivity index (χ2n) is 4.19. The van der Waals surface area contributed by atoms with Gasteiger partial charge in [-0.2, -0.15) is 0 Å². The van der Waals surface area contributed by atoms with Crippen LogP contribution in [0.2, 0.25) is 0 Å². The summed E-state index contributed by atoms with van der Waals surface area (Å²) in [4.78, 5) is 21.3. The second-order valence-corrected chi connectivity index (χ2v) is 5.19. The quantitative estimate of drug-likeness (QED) is 0.845. The van der Waals surface area contributed by atoms with E-state index in [-0.39, 0.29) is 5.91 Å². The third kappa shape index (κ3) is 1.74. The minimum Gasteiger partial charge on any atom is -0.397 e. The van der Waals surface area contributed by atoms with Gasteiger partial charge in [0.05, 0.1) is 11.1 Å². The zero-order valence-electron chi connectivity index (χ0n) is 9.14. The average molecular weight is 248 g/mol. The molecule has 1 amide bonds. The molecule has 1 aliphatic carbocycles. The van der Waals surface area contributed by atoms with Gasteiger partial charge in [-0.25, -0.2) is 9.97 Å². The van der Waals surface area contributed by atoms with Crippen LogP contribution >= 0.6 is 11.3 Å². The molecule has 0 bridgehead atoms. The van der Waals surface area contributed by atoms with E-state index in [2.05, 4.69) is 15.3 Å². The van der Waals surface area contributed by atoms with Crippen molar-refractivity contribution in [2.75, 3.05) is 5.73 Å². The number of nitrogen functional groups attached to an aromatic ring is 1. The number of nitrogens with zero attached hydrogens (tertiary/aromatic N) is 2. The van der Waals surface area contributed by atoms with Crippen molar-refractivity contribution in [2.24, 2.45) is 0 Å². The van der Waals surface area contributed by atoms with Crippen molar-refractivity contribution in [3.8, 4) is 0 Å². The topological polar surface area (TPSA) is 80.9 Å². The van der Waals surface area contributed by atoms with E-state index in [0.717, 1.165) is 23.1 Å². The summed E-state index contributed by atoms with van der Waals surface area (Å²) < 4.78 is 0. The number of nitrogens with one attached hydrogen (secondary N) is 1. The third-order valence-electron chi connectivity index (χ3n) is 3.06. The van der Waals surface area contributed by atoms with Gasteiger partial charge in [-0.1, -0.05) is 0 Å². The summed E-state index contributed by atoms with van der Waals surface area (Å²) in [7, 11) is 0. The lowest BCUT2D eigenvalue weighted by Crippen LogP contribution is -2.39. The maximum Gasteiger partial charge on any atom is 0.263 e. The molecule has 0 atom stereocenters. The minimum absolute atomic E-state index is 0.0878. The molecule has 0 radical (unpaired) electrons. The van der Waals surface area contributed by atoms with E-state index in [1.54, 1.807) is 6.20 Å². The Hall–Kier alpha value is -1.69. The molecule has 1 saturated carbocycles. The Labute approximate surface area is 102 Å². The van der Waals surface area contributed by atoms with Crippen LogP contribution in [0.15, 0.2) is 12.5 Å². The van der Waals surface area contributed by atoms with Crippen LogP contribution in [-0.4, -0.2) is 21.9 Å². The van der Waals surface area contributed by atoms with Crippen LogP contribution in [0.25, 0.3) is 10.2 Å². The molecule has 2 heterocycles. The van der Waals surface area contributed by atoms with Crippen molar-refractivity contribution in [1.29, 1.82) is 0 Å². The zero-order valence-corrected chi connectivity index (χ0v) is 9.96. The molecule has 3 N–H and O–H groups in total. The number of thiophene rings is 1. The predicted octanol–water partition coefficient (Wildman–Crippen LogP) is 1.56. The highest BCUT2D eigenvalue weighted by Crippen LogP contribution is 2.31. The van der Waals surface area contributed by atoms with Crippen molar-refractivity contribution in [1.82, 2.24) is 15.3 Å². The number of hydrogen-bond acceptors (Lipinski definition) is 5. The molecule has 2 aromatic heterocycles. The second kappa shape index (κ2) is 3.96. The summed E-state index contributed by atoms with van der Waals surface area (Å²) in [5, 5.41) is 3.74. The number of nitrogens with two attached hydrogens (primary N) is 1. The van der Waals surface area contributed by atoms with Crippen molar-refractivity contribution in [2.45, 2.75) is 25.3 Å². The summed E-state index contributed by atoms with van der Waals surface area (Å²) in [6.45, 7) is 0. The summed E-state index contributed by atoms with van der Waals surface area (Å²) in [6, 6.07) is 0.318. The van der Waals surface area contributed by atoms with Gasteiger partial charge in [0, 0.05) is 12.2 Å². The van der Waals surface area contributed by atoms with Crippen LogP contribution in [0.1, 0.15) is 28.9 Å². The maximum atomic E-state index is 12.0. The fourth-order valence-corrected chi connectivity index (χ4v) is 2.77. The first-order valence-corrected chi connectivity index (χ1v) is 6.36. The van der Waals surface area contributed by atoms with Crippen LogP contribution < -0.4 is 11.1 Å². The van der Waals surface area contributed by atoms with E-state index in [9.17, 15) is 4.79 Å². The molecule has 0 unspecified atom stereocenters. The van der Waals surface area contributed by atoms with Crippen molar-refractivity contribution in [3.05, 3.63) is 17.4 Å². The van der Waals surface area contributed by atoms with E-state index < -0.39 is 0 Å². The van der Waals surface area contributed by atoms with E-state index in [0.29, 0.717) is 16.6 Å². The average Bonchev–Trinajstić information content (AvgIpc) is 2.62. The number of anilines is 1.